The molecule has 16 heavy (non-hydrogen) atoms. The Morgan fingerprint density at radius 2 is 2.38 bits per heavy atom. The summed E-state index contributed by atoms with van der Waals surface area (Å²) in [5, 5.41) is 0. The lowest BCUT2D eigenvalue weighted by atomic mass is 10.1. The van der Waals surface area contributed by atoms with Crippen LogP contribution < -0.4 is 0 Å². The summed E-state index contributed by atoms with van der Waals surface area (Å²) in [6.07, 6.45) is 6.95. The van der Waals surface area contributed by atoms with Gasteiger partial charge in [-0.2, -0.15) is 0 Å². The first-order valence-electron chi connectivity index (χ1n) is 5.15. The molecule has 0 atom stereocenters. The van der Waals surface area contributed by atoms with Crippen LogP contribution in [0.1, 0.15) is 16.6 Å². The Balaban J connectivity index is 1.64. The van der Waals surface area contributed by atoms with Crippen LogP contribution in [0.5, 0.6) is 0 Å². The molecule has 82 valence electrons. The molecule has 0 bridgehead atoms. The zero-order valence-corrected chi connectivity index (χ0v) is 8.61. The number of furan rings is 1. The van der Waals surface area contributed by atoms with E-state index in [-0.39, 0.29) is 5.91 Å². The number of amides is 1. The molecule has 1 aliphatic heterocycles. The SMILES string of the molecule is O=C(c1ccco1)N1CC(n2ccnc2)C1. The van der Waals surface area contributed by atoms with Crippen LogP contribution in [0.3, 0.4) is 0 Å². The lowest BCUT2D eigenvalue weighted by Crippen LogP contribution is -2.50. The van der Waals surface area contributed by atoms with Crippen molar-refractivity contribution in [1.29, 1.82) is 0 Å². The zero-order chi connectivity index (χ0) is 11.0. The highest BCUT2D eigenvalue weighted by Crippen LogP contribution is 2.22. The second-order valence-corrected chi connectivity index (χ2v) is 3.85. The average Bonchev–Trinajstić information content (AvgIpc) is 2.88. The first-order chi connectivity index (χ1) is 7.84. The van der Waals surface area contributed by atoms with Crippen LogP contribution in [0, 0.1) is 0 Å². The van der Waals surface area contributed by atoms with Crippen molar-refractivity contribution < 1.29 is 9.21 Å². The maximum Gasteiger partial charge on any atom is 0.289 e. The van der Waals surface area contributed by atoms with Crippen LogP contribution in [0.25, 0.3) is 0 Å². The molecule has 0 aliphatic carbocycles. The van der Waals surface area contributed by atoms with Gasteiger partial charge < -0.3 is 13.9 Å². The Kier molecular flexibility index (Phi) is 2.02. The van der Waals surface area contributed by atoms with E-state index in [1.807, 2.05) is 10.8 Å². The second kappa shape index (κ2) is 3.52. The predicted molar refractivity (Wildman–Crippen MR) is 55.9 cm³/mol. The molecule has 0 spiro atoms. The van der Waals surface area contributed by atoms with Crippen molar-refractivity contribution in [2.45, 2.75) is 6.04 Å². The summed E-state index contributed by atoms with van der Waals surface area (Å²) in [6.45, 7) is 1.44. The average molecular weight is 217 g/mol. The monoisotopic (exact) mass is 217 g/mol. The van der Waals surface area contributed by atoms with E-state index in [0.29, 0.717) is 11.8 Å². The Bertz CT molecular complexity index is 469. The molecule has 0 saturated carbocycles. The molecular weight excluding hydrogens is 206 g/mol. The Hall–Kier alpha value is -2.04. The number of carbonyl (C=O) groups excluding carboxylic acids is 1. The Morgan fingerprint density at radius 3 is 3.00 bits per heavy atom. The van der Waals surface area contributed by atoms with Crippen LogP contribution in [0.4, 0.5) is 0 Å². The molecule has 2 aromatic rings. The number of carbonyl (C=O) groups is 1. The normalized spacial score (nSPS) is 16.1. The quantitative estimate of drug-likeness (QED) is 0.758. The van der Waals surface area contributed by atoms with Gasteiger partial charge in [0.2, 0.25) is 0 Å². The Labute approximate surface area is 92.3 Å². The highest BCUT2D eigenvalue weighted by atomic mass is 16.3. The molecule has 3 heterocycles. The number of nitrogens with zero attached hydrogens (tertiary/aromatic N) is 3. The van der Waals surface area contributed by atoms with E-state index in [2.05, 4.69) is 4.98 Å². The minimum Gasteiger partial charge on any atom is -0.459 e. The molecule has 3 rings (SSSR count). The van der Waals surface area contributed by atoms with Crippen molar-refractivity contribution in [3.05, 3.63) is 42.9 Å². The number of aromatic nitrogens is 2. The van der Waals surface area contributed by atoms with Gasteiger partial charge in [0.15, 0.2) is 5.76 Å². The highest BCUT2D eigenvalue weighted by molar-refractivity contribution is 5.92. The molecule has 5 nitrogen and oxygen atoms in total. The number of hydrogen-bond acceptors (Lipinski definition) is 3. The maximum absolute atomic E-state index is 11.8. The summed E-state index contributed by atoms with van der Waals surface area (Å²) in [6, 6.07) is 3.76. The van der Waals surface area contributed by atoms with Crippen molar-refractivity contribution in [1.82, 2.24) is 14.5 Å². The minimum atomic E-state index is -0.0404. The summed E-state index contributed by atoms with van der Waals surface area (Å²) in [5.74, 6) is 0.366. The number of likely N-dealkylation sites (tertiary alicyclic amines) is 1. The van der Waals surface area contributed by atoms with E-state index in [0.717, 1.165) is 13.1 Å². The molecule has 2 aromatic heterocycles. The maximum atomic E-state index is 11.8. The highest BCUT2D eigenvalue weighted by Gasteiger charge is 2.33. The summed E-state index contributed by atoms with van der Waals surface area (Å²) >= 11 is 0. The van der Waals surface area contributed by atoms with Crippen molar-refractivity contribution in [3.63, 3.8) is 0 Å². The Morgan fingerprint density at radius 1 is 1.50 bits per heavy atom. The van der Waals surface area contributed by atoms with Gasteiger partial charge in [-0.25, -0.2) is 4.98 Å². The second-order valence-electron chi connectivity index (χ2n) is 3.85. The van der Waals surface area contributed by atoms with Crippen LogP contribution in [-0.4, -0.2) is 33.4 Å². The smallest absolute Gasteiger partial charge is 0.289 e. The third-order valence-corrected chi connectivity index (χ3v) is 2.83. The van der Waals surface area contributed by atoms with E-state index >= 15 is 0 Å². The van der Waals surface area contributed by atoms with Crippen LogP contribution in [0.15, 0.2) is 41.5 Å². The van der Waals surface area contributed by atoms with Gasteiger partial charge in [-0.15, -0.1) is 0 Å². The predicted octanol–water partition coefficient (Wildman–Crippen LogP) is 1.17. The van der Waals surface area contributed by atoms with Gasteiger partial charge in [0.05, 0.1) is 18.6 Å². The van der Waals surface area contributed by atoms with Crippen LogP contribution in [-0.2, 0) is 0 Å². The summed E-state index contributed by atoms with van der Waals surface area (Å²) in [4.78, 5) is 17.6. The lowest BCUT2D eigenvalue weighted by Gasteiger charge is -2.39. The first kappa shape index (κ1) is 9.21. The molecule has 1 fully saturated rings. The van der Waals surface area contributed by atoms with Crippen molar-refractivity contribution >= 4 is 5.91 Å². The summed E-state index contributed by atoms with van der Waals surface area (Å²) in [5.41, 5.74) is 0. The third kappa shape index (κ3) is 1.41. The van der Waals surface area contributed by atoms with Gasteiger partial charge in [-0.1, -0.05) is 0 Å². The van der Waals surface area contributed by atoms with Crippen LogP contribution in [0.2, 0.25) is 0 Å². The molecule has 0 aromatic carbocycles. The summed E-state index contributed by atoms with van der Waals surface area (Å²) in [7, 11) is 0. The van der Waals surface area contributed by atoms with Gasteiger partial charge in [-0.05, 0) is 12.1 Å². The van der Waals surface area contributed by atoms with E-state index in [4.69, 9.17) is 4.42 Å². The van der Waals surface area contributed by atoms with Crippen molar-refractivity contribution in [2.24, 2.45) is 0 Å². The van der Waals surface area contributed by atoms with E-state index in [1.165, 1.54) is 6.26 Å². The van der Waals surface area contributed by atoms with Gasteiger partial charge >= 0.3 is 0 Å². The molecule has 1 amide bonds. The largest absolute Gasteiger partial charge is 0.459 e. The lowest BCUT2D eigenvalue weighted by molar-refractivity contribution is 0.0488. The fourth-order valence-corrected chi connectivity index (χ4v) is 1.85. The molecule has 1 saturated heterocycles. The molecular formula is C11H11N3O2. The number of imidazole rings is 1. The van der Waals surface area contributed by atoms with Crippen LogP contribution >= 0.6 is 0 Å². The standard InChI is InChI=1S/C11H11N3O2/c15-11(10-2-1-5-16-10)14-6-9(7-14)13-4-3-12-8-13/h1-5,8-9H,6-7H2. The van der Waals surface area contributed by atoms with Gasteiger partial charge in [0.1, 0.15) is 0 Å². The van der Waals surface area contributed by atoms with Gasteiger partial charge in [0.25, 0.3) is 5.91 Å². The van der Waals surface area contributed by atoms with Crippen molar-refractivity contribution in [3.8, 4) is 0 Å². The number of hydrogen-bond donors (Lipinski definition) is 0. The fourth-order valence-electron chi connectivity index (χ4n) is 1.85. The molecule has 1 aliphatic rings. The number of rotatable bonds is 2. The summed E-state index contributed by atoms with van der Waals surface area (Å²) < 4.78 is 7.09. The van der Waals surface area contributed by atoms with E-state index < -0.39 is 0 Å². The molecule has 0 N–H and O–H groups in total. The van der Waals surface area contributed by atoms with Gasteiger partial charge in [0, 0.05) is 25.5 Å². The van der Waals surface area contributed by atoms with E-state index in [9.17, 15) is 4.79 Å². The first-order valence-corrected chi connectivity index (χ1v) is 5.15. The van der Waals surface area contributed by atoms with Crippen molar-refractivity contribution in [2.75, 3.05) is 13.1 Å². The zero-order valence-electron chi connectivity index (χ0n) is 8.61. The molecule has 0 unspecified atom stereocenters. The minimum absolute atomic E-state index is 0.0404. The van der Waals surface area contributed by atoms with E-state index in [1.54, 1.807) is 29.6 Å². The van der Waals surface area contributed by atoms with Gasteiger partial charge in [-0.3, -0.25) is 4.79 Å². The molecule has 5 heteroatoms. The topological polar surface area (TPSA) is 51.3 Å². The fraction of sp³-hybridized carbons (Fsp3) is 0.273. The molecule has 0 radical (unpaired) electrons. The third-order valence-electron chi connectivity index (χ3n) is 2.83.